The quantitative estimate of drug-likeness (QED) is 0.494. The number of hydrogen-bond acceptors (Lipinski definition) is 8. The number of esters is 3. The first-order chi connectivity index (χ1) is 12.2. The molecule has 0 saturated heterocycles. The number of ether oxygens (including phenoxy) is 3. The summed E-state index contributed by atoms with van der Waals surface area (Å²) in [5.74, 6) is -2.69. The summed E-state index contributed by atoms with van der Waals surface area (Å²) >= 11 is 0. The van der Waals surface area contributed by atoms with E-state index >= 15 is 0 Å². The summed E-state index contributed by atoms with van der Waals surface area (Å²) < 4.78 is 14.9. The van der Waals surface area contributed by atoms with E-state index in [1.165, 1.54) is 32.9 Å². The molecule has 0 aromatic rings. The lowest BCUT2D eigenvalue weighted by Crippen LogP contribution is -2.27. The van der Waals surface area contributed by atoms with E-state index in [0.717, 1.165) is 24.3 Å². The largest absolute Gasteiger partial charge is 0.459 e. The molecule has 0 spiro atoms. The van der Waals surface area contributed by atoms with E-state index in [4.69, 9.17) is 14.2 Å². The fourth-order valence-electron chi connectivity index (χ4n) is 1.86. The molecule has 4 atom stereocenters. The highest BCUT2D eigenvalue weighted by molar-refractivity contribution is 5.95. The summed E-state index contributed by atoms with van der Waals surface area (Å²) in [6.45, 7) is 4.34. The maximum absolute atomic E-state index is 11.8. The Morgan fingerprint density at radius 3 is 2.19 bits per heavy atom. The van der Waals surface area contributed by atoms with Crippen LogP contribution in [-0.2, 0) is 33.4 Å². The molecule has 0 unspecified atom stereocenters. The molecule has 1 aliphatic heterocycles. The maximum atomic E-state index is 11.8. The number of rotatable bonds is 0. The van der Waals surface area contributed by atoms with E-state index in [0.29, 0.717) is 0 Å². The Morgan fingerprint density at radius 2 is 1.50 bits per heavy atom. The Labute approximate surface area is 151 Å². The van der Waals surface area contributed by atoms with Crippen LogP contribution in [0.4, 0.5) is 0 Å². The summed E-state index contributed by atoms with van der Waals surface area (Å²) in [5, 5.41) is 9.85. The second-order valence-electron chi connectivity index (χ2n) is 5.70. The van der Waals surface area contributed by atoms with Gasteiger partial charge in [-0.3, -0.25) is 9.59 Å². The molecule has 26 heavy (non-hydrogen) atoms. The molecule has 1 heterocycles. The van der Waals surface area contributed by atoms with E-state index in [1.807, 2.05) is 0 Å². The van der Waals surface area contributed by atoms with Crippen LogP contribution in [0.3, 0.4) is 0 Å². The zero-order chi connectivity index (χ0) is 19.7. The van der Waals surface area contributed by atoms with Gasteiger partial charge in [0.15, 0.2) is 11.9 Å². The highest BCUT2D eigenvalue weighted by atomic mass is 16.6. The summed E-state index contributed by atoms with van der Waals surface area (Å²) in [6.07, 6.45) is 2.74. The van der Waals surface area contributed by atoms with Crippen molar-refractivity contribution in [2.45, 2.75) is 51.6 Å². The number of aliphatic hydroxyl groups is 1. The predicted octanol–water partition coefficient (Wildman–Crippen LogP) is 0.784. The highest BCUT2D eigenvalue weighted by Gasteiger charge is 2.20. The van der Waals surface area contributed by atoms with Crippen molar-refractivity contribution in [2.75, 3.05) is 0 Å². The third kappa shape index (κ3) is 7.89. The smallest absolute Gasteiger partial charge is 0.331 e. The minimum Gasteiger partial charge on any atom is -0.459 e. The number of cyclic esters (lactones) is 3. The summed E-state index contributed by atoms with van der Waals surface area (Å²) in [4.78, 5) is 46.9. The molecule has 8 nitrogen and oxygen atoms in total. The molecule has 142 valence electrons. The van der Waals surface area contributed by atoms with Crippen LogP contribution in [0.2, 0.25) is 0 Å². The first-order valence-electron chi connectivity index (χ1n) is 8.04. The van der Waals surface area contributed by atoms with Gasteiger partial charge in [-0.05, 0) is 32.9 Å². The van der Waals surface area contributed by atoms with Crippen molar-refractivity contribution in [2.24, 2.45) is 0 Å². The fourth-order valence-corrected chi connectivity index (χ4v) is 1.86. The Balaban J connectivity index is 2.93. The van der Waals surface area contributed by atoms with Crippen molar-refractivity contribution < 1.29 is 38.5 Å². The van der Waals surface area contributed by atoms with Crippen LogP contribution in [0.25, 0.3) is 0 Å². The zero-order valence-electron chi connectivity index (χ0n) is 14.8. The third-order valence-electron chi connectivity index (χ3n) is 3.30. The Hall–Kier alpha value is -2.74. The molecule has 0 bridgehead atoms. The maximum Gasteiger partial charge on any atom is 0.331 e. The molecule has 0 aromatic heterocycles. The standard InChI is InChI=1S/C18H22O8/c1-11-10-18(23)26-12(2)14(19)6-4-5-7-16(21)25-13(3)15(20)8-9-17(22)24-11/h4-9,11-13,15,20H,10H2,1-3H3/b6-4+,7-5+,9-8+/t11-,12-,13-,15+/m0/s1. The third-order valence-corrected chi connectivity index (χ3v) is 3.30. The van der Waals surface area contributed by atoms with Crippen LogP contribution in [0.5, 0.6) is 0 Å². The van der Waals surface area contributed by atoms with Gasteiger partial charge in [0.2, 0.25) is 0 Å². The molecule has 0 fully saturated rings. The number of hydrogen-bond donors (Lipinski definition) is 1. The average Bonchev–Trinajstić information content (AvgIpc) is 2.54. The predicted molar refractivity (Wildman–Crippen MR) is 89.7 cm³/mol. The summed E-state index contributed by atoms with van der Waals surface area (Å²) in [7, 11) is 0. The second-order valence-corrected chi connectivity index (χ2v) is 5.70. The number of aliphatic hydroxyl groups excluding tert-OH is 1. The van der Waals surface area contributed by atoms with Gasteiger partial charge in [0.05, 0.1) is 6.42 Å². The first kappa shape index (κ1) is 21.3. The molecule has 8 heteroatoms. The highest BCUT2D eigenvalue weighted by Crippen LogP contribution is 2.06. The van der Waals surface area contributed by atoms with Crippen LogP contribution in [0.15, 0.2) is 36.5 Å². The minimum absolute atomic E-state index is 0.225. The van der Waals surface area contributed by atoms with E-state index in [9.17, 15) is 24.3 Å². The summed E-state index contributed by atoms with van der Waals surface area (Å²) in [5.41, 5.74) is 0. The van der Waals surface area contributed by atoms with Crippen LogP contribution < -0.4 is 0 Å². The zero-order valence-corrected chi connectivity index (χ0v) is 14.8. The van der Waals surface area contributed by atoms with Gasteiger partial charge >= 0.3 is 17.9 Å². The van der Waals surface area contributed by atoms with Gasteiger partial charge in [0.25, 0.3) is 0 Å². The van der Waals surface area contributed by atoms with Crippen molar-refractivity contribution in [3.05, 3.63) is 36.5 Å². The van der Waals surface area contributed by atoms with Crippen molar-refractivity contribution in [3.63, 3.8) is 0 Å². The van der Waals surface area contributed by atoms with E-state index < -0.39 is 48.1 Å². The lowest BCUT2D eigenvalue weighted by molar-refractivity contribution is -0.157. The van der Waals surface area contributed by atoms with Crippen molar-refractivity contribution in [1.29, 1.82) is 0 Å². The van der Waals surface area contributed by atoms with Gasteiger partial charge in [0.1, 0.15) is 18.3 Å². The lowest BCUT2D eigenvalue weighted by atomic mass is 10.2. The van der Waals surface area contributed by atoms with E-state index in [2.05, 4.69) is 0 Å². The molecule has 0 aliphatic carbocycles. The molecular weight excluding hydrogens is 344 g/mol. The Bertz CT molecular complexity index is 631. The van der Waals surface area contributed by atoms with Gasteiger partial charge < -0.3 is 19.3 Å². The van der Waals surface area contributed by atoms with E-state index in [-0.39, 0.29) is 6.42 Å². The van der Waals surface area contributed by atoms with Gasteiger partial charge in [-0.1, -0.05) is 12.2 Å². The number of carbonyl (C=O) groups is 4. The molecule has 0 amide bonds. The molecule has 1 N–H and O–H groups in total. The molecule has 1 aliphatic rings. The topological polar surface area (TPSA) is 116 Å². The van der Waals surface area contributed by atoms with Gasteiger partial charge in [0, 0.05) is 12.2 Å². The van der Waals surface area contributed by atoms with Crippen LogP contribution in [-0.4, -0.2) is 53.2 Å². The van der Waals surface area contributed by atoms with Gasteiger partial charge in [-0.2, -0.15) is 0 Å². The molecule has 0 aromatic carbocycles. The molecule has 1 rings (SSSR count). The minimum atomic E-state index is -1.22. The first-order valence-corrected chi connectivity index (χ1v) is 8.04. The Kier molecular flexibility index (Phi) is 8.44. The van der Waals surface area contributed by atoms with Crippen LogP contribution in [0, 0.1) is 0 Å². The average molecular weight is 366 g/mol. The molecule has 0 radical (unpaired) electrons. The number of carbonyl (C=O) groups excluding carboxylic acids is 4. The number of allylic oxidation sites excluding steroid dienone is 2. The van der Waals surface area contributed by atoms with Gasteiger partial charge in [-0.25, -0.2) is 9.59 Å². The SMILES string of the molecule is C[C@@H]1OC(=O)C[C@H](C)OC(=O)/C=C/[C@@H](O)[C@H](C)OC(=O)/C=C/C=C/C1=O. The van der Waals surface area contributed by atoms with Crippen LogP contribution in [0.1, 0.15) is 27.2 Å². The van der Waals surface area contributed by atoms with Crippen molar-refractivity contribution >= 4 is 23.7 Å². The van der Waals surface area contributed by atoms with Crippen LogP contribution >= 0.6 is 0 Å². The van der Waals surface area contributed by atoms with Gasteiger partial charge in [-0.15, -0.1) is 0 Å². The second kappa shape index (κ2) is 10.3. The lowest BCUT2D eigenvalue weighted by Gasteiger charge is -2.16. The normalized spacial score (nSPS) is 33.1. The molecular formula is C18H22O8. The molecule has 0 saturated carbocycles. The monoisotopic (exact) mass is 366 g/mol. The fraction of sp³-hybridized carbons (Fsp3) is 0.444. The number of ketones is 1. The van der Waals surface area contributed by atoms with E-state index in [1.54, 1.807) is 0 Å². The van der Waals surface area contributed by atoms with Crippen molar-refractivity contribution in [1.82, 2.24) is 0 Å². The Morgan fingerprint density at radius 1 is 0.885 bits per heavy atom. The summed E-state index contributed by atoms with van der Waals surface area (Å²) in [6, 6.07) is 0. The van der Waals surface area contributed by atoms with Crippen molar-refractivity contribution in [3.8, 4) is 0 Å².